The molecule has 21 heavy (non-hydrogen) atoms. The highest BCUT2D eigenvalue weighted by atomic mass is 32.1. The molecule has 1 aliphatic rings. The molecule has 0 unspecified atom stereocenters. The maximum Gasteiger partial charge on any atom is 0.443 e. The first-order valence-corrected chi connectivity index (χ1v) is 7.25. The Morgan fingerprint density at radius 2 is 2.19 bits per heavy atom. The smallest absolute Gasteiger partial charge is 0.443 e. The fourth-order valence-corrected chi connectivity index (χ4v) is 3.04. The van der Waals surface area contributed by atoms with E-state index in [1.54, 1.807) is 0 Å². The summed E-state index contributed by atoms with van der Waals surface area (Å²) < 4.78 is 43.3. The summed E-state index contributed by atoms with van der Waals surface area (Å²) in [6.45, 7) is 3.56. The Morgan fingerprint density at radius 1 is 1.38 bits per heavy atom. The molecule has 0 saturated heterocycles. The Labute approximate surface area is 124 Å². The first-order valence-electron chi connectivity index (χ1n) is 6.44. The molecular formula is C14H13F3N2OS. The third kappa shape index (κ3) is 2.97. The van der Waals surface area contributed by atoms with E-state index in [1.165, 1.54) is 6.20 Å². The molecule has 3 nitrogen and oxygen atoms in total. The monoisotopic (exact) mass is 314 g/mol. The number of hydrogen-bond donors (Lipinski definition) is 0. The van der Waals surface area contributed by atoms with Gasteiger partial charge in [-0.25, -0.2) is 4.98 Å². The zero-order valence-corrected chi connectivity index (χ0v) is 12.1. The number of thiazole rings is 1. The molecule has 0 saturated carbocycles. The summed E-state index contributed by atoms with van der Waals surface area (Å²) in [5.41, 5.74) is 2.00. The molecule has 0 bridgehead atoms. The van der Waals surface area contributed by atoms with Crippen LogP contribution in [0.1, 0.15) is 15.4 Å². The van der Waals surface area contributed by atoms with Gasteiger partial charge in [-0.2, -0.15) is 13.2 Å². The number of fused-ring (bicyclic) bond motifs is 1. The summed E-state index contributed by atoms with van der Waals surface area (Å²) in [4.78, 5) is 6.07. The van der Waals surface area contributed by atoms with Gasteiger partial charge in [-0.15, -0.1) is 11.3 Å². The lowest BCUT2D eigenvalue weighted by Crippen LogP contribution is -2.31. The third-order valence-electron chi connectivity index (χ3n) is 3.22. The Morgan fingerprint density at radius 3 is 2.90 bits per heavy atom. The van der Waals surface area contributed by atoms with E-state index in [9.17, 15) is 13.2 Å². The third-order valence-corrected chi connectivity index (χ3v) is 4.24. The van der Waals surface area contributed by atoms with Gasteiger partial charge in [-0.05, 0) is 24.6 Å². The van der Waals surface area contributed by atoms with Crippen molar-refractivity contribution in [2.24, 2.45) is 0 Å². The molecule has 0 radical (unpaired) electrons. The van der Waals surface area contributed by atoms with Crippen molar-refractivity contribution in [1.29, 1.82) is 0 Å². The molecule has 0 atom stereocenters. The van der Waals surface area contributed by atoms with Crippen LogP contribution in [0.2, 0.25) is 0 Å². The second-order valence-corrected chi connectivity index (χ2v) is 5.99. The molecule has 0 aliphatic carbocycles. The van der Waals surface area contributed by atoms with E-state index < -0.39 is 11.2 Å². The maximum atomic E-state index is 12.6. The first kappa shape index (κ1) is 14.2. The molecule has 112 valence electrons. The van der Waals surface area contributed by atoms with Gasteiger partial charge in [0.1, 0.15) is 12.4 Å². The van der Waals surface area contributed by atoms with E-state index in [4.69, 9.17) is 4.74 Å². The Balaban J connectivity index is 1.82. The Hall–Kier alpha value is -1.76. The van der Waals surface area contributed by atoms with Crippen molar-refractivity contribution in [3.05, 3.63) is 39.8 Å². The molecule has 0 amide bonds. The normalized spacial score (nSPS) is 14.8. The molecular weight excluding hydrogens is 301 g/mol. The molecule has 1 aliphatic heterocycles. The molecule has 1 aromatic carbocycles. The van der Waals surface area contributed by atoms with E-state index in [-0.39, 0.29) is 0 Å². The molecule has 3 rings (SSSR count). The average molecular weight is 314 g/mol. The molecule has 0 fully saturated rings. The quantitative estimate of drug-likeness (QED) is 0.841. The fraction of sp³-hybridized carbons (Fsp3) is 0.357. The number of halogens is 3. The highest BCUT2D eigenvalue weighted by Crippen LogP contribution is 2.36. The summed E-state index contributed by atoms with van der Waals surface area (Å²) in [6.07, 6.45) is -3.07. The van der Waals surface area contributed by atoms with Crippen molar-refractivity contribution < 1.29 is 17.9 Å². The summed E-state index contributed by atoms with van der Waals surface area (Å²) in [5.74, 6) is 0.779. The van der Waals surface area contributed by atoms with Crippen molar-refractivity contribution in [3.8, 4) is 5.75 Å². The van der Waals surface area contributed by atoms with E-state index >= 15 is 0 Å². The number of anilines is 1. The highest BCUT2D eigenvalue weighted by Gasteiger charge is 2.34. The Kier molecular flexibility index (Phi) is 3.52. The number of alkyl halides is 3. The topological polar surface area (TPSA) is 25.4 Å². The van der Waals surface area contributed by atoms with Gasteiger partial charge >= 0.3 is 6.18 Å². The molecule has 1 aromatic heterocycles. The van der Waals surface area contributed by atoms with Crippen LogP contribution in [0, 0.1) is 6.92 Å². The van der Waals surface area contributed by atoms with Crippen LogP contribution in [0.3, 0.4) is 0 Å². The van der Waals surface area contributed by atoms with Gasteiger partial charge in [-0.1, -0.05) is 6.07 Å². The van der Waals surface area contributed by atoms with E-state index in [0.717, 1.165) is 17.0 Å². The van der Waals surface area contributed by atoms with Crippen LogP contribution < -0.4 is 9.64 Å². The number of hydrogen-bond acceptors (Lipinski definition) is 4. The van der Waals surface area contributed by atoms with Gasteiger partial charge < -0.3 is 9.64 Å². The van der Waals surface area contributed by atoms with E-state index in [0.29, 0.717) is 35.9 Å². The van der Waals surface area contributed by atoms with Crippen LogP contribution in [-0.2, 0) is 12.7 Å². The molecule has 0 N–H and O–H groups in total. The van der Waals surface area contributed by atoms with Gasteiger partial charge in [0, 0.05) is 11.1 Å². The minimum atomic E-state index is -4.37. The lowest BCUT2D eigenvalue weighted by molar-refractivity contribution is -0.137. The largest absolute Gasteiger partial charge is 0.490 e. The molecule has 7 heteroatoms. The number of ether oxygens (including phenoxy) is 1. The van der Waals surface area contributed by atoms with Gasteiger partial charge in [-0.3, -0.25) is 0 Å². The van der Waals surface area contributed by atoms with Crippen LogP contribution in [0.5, 0.6) is 5.75 Å². The number of aromatic nitrogens is 1. The van der Waals surface area contributed by atoms with Gasteiger partial charge in [0.15, 0.2) is 5.01 Å². The predicted octanol–water partition coefficient (Wildman–Crippen LogP) is 3.87. The first-order chi connectivity index (χ1) is 9.93. The van der Waals surface area contributed by atoms with Crippen molar-refractivity contribution in [2.75, 3.05) is 18.1 Å². The molecule has 0 spiro atoms. The lowest BCUT2D eigenvalue weighted by atomic mass is 10.1. The van der Waals surface area contributed by atoms with E-state index in [1.807, 2.05) is 30.0 Å². The van der Waals surface area contributed by atoms with Crippen LogP contribution in [0.25, 0.3) is 0 Å². The second-order valence-electron chi connectivity index (χ2n) is 4.87. The predicted molar refractivity (Wildman–Crippen MR) is 74.8 cm³/mol. The van der Waals surface area contributed by atoms with Crippen LogP contribution >= 0.6 is 11.3 Å². The standard InChI is InChI=1S/C14H13F3N2OS/c1-9-2-3-11-12(6-9)20-5-4-19(11)8-10-7-18-13(21-10)14(15,16)17/h2-3,6-7H,4-5,8H2,1H3. The number of benzene rings is 1. The van der Waals surface area contributed by atoms with Crippen molar-refractivity contribution >= 4 is 17.0 Å². The summed E-state index contributed by atoms with van der Waals surface area (Å²) in [7, 11) is 0. The molecule has 2 aromatic rings. The van der Waals surface area contributed by atoms with Gasteiger partial charge in [0.2, 0.25) is 0 Å². The van der Waals surface area contributed by atoms with Crippen LogP contribution in [0.15, 0.2) is 24.4 Å². The highest BCUT2D eigenvalue weighted by molar-refractivity contribution is 7.11. The lowest BCUT2D eigenvalue weighted by Gasteiger charge is -2.31. The summed E-state index contributed by atoms with van der Waals surface area (Å²) >= 11 is 0.693. The average Bonchev–Trinajstić information content (AvgIpc) is 2.87. The minimum Gasteiger partial charge on any atom is -0.490 e. The zero-order valence-electron chi connectivity index (χ0n) is 11.3. The summed E-state index contributed by atoms with van der Waals surface area (Å²) in [5, 5.41) is -0.796. The van der Waals surface area contributed by atoms with E-state index in [2.05, 4.69) is 4.98 Å². The number of rotatable bonds is 2. The van der Waals surface area contributed by atoms with Crippen molar-refractivity contribution in [2.45, 2.75) is 19.6 Å². The van der Waals surface area contributed by atoms with Gasteiger partial charge in [0.25, 0.3) is 0 Å². The van der Waals surface area contributed by atoms with Gasteiger partial charge in [0.05, 0.1) is 18.8 Å². The molecule has 2 heterocycles. The van der Waals surface area contributed by atoms with Crippen molar-refractivity contribution in [3.63, 3.8) is 0 Å². The number of nitrogens with zero attached hydrogens (tertiary/aromatic N) is 2. The van der Waals surface area contributed by atoms with Crippen LogP contribution in [0.4, 0.5) is 18.9 Å². The maximum absolute atomic E-state index is 12.6. The Bertz CT molecular complexity index is 654. The summed E-state index contributed by atoms with van der Waals surface area (Å²) in [6, 6.07) is 5.85. The van der Waals surface area contributed by atoms with Crippen LogP contribution in [-0.4, -0.2) is 18.1 Å². The number of aryl methyl sites for hydroxylation is 1. The SMILES string of the molecule is Cc1ccc2c(c1)OCCN2Cc1cnc(C(F)(F)F)s1. The second kappa shape index (κ2) is 5.22. The van der Waals surface area contributed by atoms with Crippen molar-refractivity contribution in [1.82, 2.24) is 4.98 Å². The zero-order chi connectivity index (χ0) is 15.0. The fourth-order valence-electron chi connectivity index (χ4n) is 2.25. The minimum absolute atomic E-state index is 0.410.